The summed E-state index contributed by atoms with van der Waals surface area (Å²) in [5.74, 6) is -2.91. The van der Waals surface area contributed by atoms with Crippen molar-refractivity contribution in [2.75, 3.05) is 18.1 Å². The van der Waals surface area contributed by atoms with Crippen LogP contribution in [-0.2, 0) is 28.7 Å². The number of anilines is 1. The first-order chi connectivity index (χ1) is 26.2. The Balaban J connectivity index is 1.42. The van der Waals surface area contributed by atoms with Gasteiger partial charge in [0.15, 0.2) is 12.6 Å². The zero-order chi connectivity index (χ0) is 41.4. The molecule has 56 heavy (non-hydrogen) atoms. The van der Waals surface area contributed by atoms with Crippen molar-refractivity contribution in [2.45, 2.75) is 110 Å². The molecule has 0 bridgehead atoms. The zero-order valence-corrected chi connectivity index (χ0v) is 33.4. The van der Waals surface area contributed by atoms with E-state index >= 15 is 0 Å². The van der Waals surface area contributed by atoms with Gasteiger partial charge in [0.05, 0.1) is 30.3 Å². The van der Waals surface area contributed by atoms with Crippen LogP contribution in [0.4, 0.5) is 14.5 Å². The van der Waals surface area contributed by atoms with E-state index in [0.29, 0.717) is 29.8 Å². The molecule has 3 aromatic carbocycles. The molecule has 304 valence electrons. The summed E-state index contributed by atoms with van der Waals surface area (Å²) in [6.07, 6.45) is -0.00849. The Hall–Kier alpha value is -4.88. The van der Waals surface area contributed by atoms with Gasteiger partial charge in [0.1, 0.15) is 29.0 Å². The van der Waals surface area contributed by atoms with Crippen LogP contribution >= 0.6 is 0 Å². The summed E-state index contributed by atoms with van der Waals surface area (Å²) in [5.41, 5.74) is 0.449. The van der Waals surface area contributed by atoms with E-state index in [2.05, 4.69) is 10.6 Å². The third kappa shape index (κ3) is 12.8. The standard InChI is InChI=1S/C43H55F2N3O8/c1-26(2)23-34(39(51)47-35(24-55-42(3,4)5)41(53)56-43(6,7)8)46-37(50)25-54-32-19-11-28(12-20-32)38-33(21-22-36(49)27-9-13-29(44)14-10-27)40(52)48(38)31-17-15-30(45)16-18-31/h9-20,26,33-36,38,49H,21-25H2,1-8H3,(H,46,50)(H,47,51)/t33?,34-,35+,36?,38?/m1/s1. The Morgan fingerprint density at radius 1 is 0.821 bits per heavy atom. The molecule has 0 saturated carbocycles. The molecule has 1 fully saturated rings. The number of hydrogen-bond donors (Lipinski definition) is 3. The fourth-order valence-corrected chi connectivity index (χ4v) is 6.29. The van der Waals surface area contributed by atoms with Crippen molar-refractivity contribution in [3.63, 3.8) is 0 Å². The van der Waals surface area contributed by atoms with E-state index in [-0.39, 0.29) is 24.9 Å². The second-order valence-electron chi connectivity index (χ2n) is 16.5. The minimum atomic E-state index is -1.10. The van der Waals surface area contributed by atoms with Crippen LogP contribution in [0.5, 0.6) is 5.75 Å². The summed E-state index contributed by atoms with van der Waals surface area (Å²) in [4.78, 5) is 54.7. The van der Waals surface area contributed by atoms with Crippen LogP contribution in [0, 0.1) is 23.5 Å². The molecule has 11 nitrogen and oxygen atoms in total. The van der Waals surface area contributed by atoms with E-state index < -0.39 is 77.4 Å². The number of nitrogens with one attached hydrogen (secondary N) is 2. The highest BCUT2D eigenvalue weighted by atomic mass is 19.1. The number of esters is 1. The lowest BCUT2D eigenvalue weighted by atomic mass is 9.78. The van der Waals surface area contributed by atoms with Crippen LogP contribution in [0.25, 0.3) is 0 Å². The van der Waals surface area contributed by atoms with Gasteiger partial charge in [-0.05, 0) is 126 Å². The molecule has 1 saturated heterocycles. The maximum absolute atomic E-state index is 13.8. The Morgan fingerprint density at radius 3 is 1.96 bits per heavy atom. The van der Waals surface area contributed by atoms with Gasteiger partial charge < -0.3 is 34.9 Å². The van der Waals surface area contributed by atoms with Gasteiger partial charge in [-0.3, -0.25) is 14.4 Å². The molecular weight excluding hydrogens is 724 g/mol. The fraction of sp³-hybridized carbons (Fsp3) is 0.488. The molecule has 0 aliphatic carbocycles. The number of carbonyl (C=O) groups excluding carboxylic acids is 4. The summed E-state index contributed by atoms with van der Waals surface area (Å²) in [6.45, 7) is 13.9. The summed E-state index contributed by atoms with van der Waals surface area (Å²) in [5, 5.41) is 16.2. The minimum absolute atomic E-state index is 0.0215. The smallest absolute Gasteiger partial charge is 0.331 e. The van der Waals surface area contributed by atoms with Gasteiger partial charge in [0, 0.05) is 5.69 Å². The molecule has 5 atom stereocenters. The normalized spacial score (nSPS) is 17.4. The Bertz CT molecular complexity index is 1790. The molecular formula is C43H55F2N3O8. The van der Waals surface area contributed by atoms with Gasteiger partial charge in [0.25, 0.3) is 5.91 Å². The SMILES string of the molecule is CC(C)C[C@@H](NC(=O)COc1ccc(C2C(CCC(O)c3ccc(F)cc3)C(=O)N2c2ccc(F)cc2)cc1)C(=O)N[C@@H](COC(C)(C)C)C(=O)OC(C)(C)C. The van der Waals surface area contributed by atoms with Gasteiger partial charge in [-0.1, -0.05) is 38.1 Å². The second kappa shape index (κ2) is 18.8. The van der Waals surface area contributed by atoms with Crippen LogP contribution in [-0.4, -0.2) is 65.3 Å². The van der Waals surface area contributed by atoms with E-state index in [4.69, 9.17) is 14.2 Å². The highest BCUT2D eigenvalue weighted by molar-refractivity contribution is 6.03. The van der Waals surface area contributed by atoms with Crippen molar-refractivity contribution >= 4 is 29.4 Å². The number of halogens is 2. The number of aliphatic hydroxyl groups excluding tert-OH is 1. The van der Waals surface area contributed by atoms with Crippen molar-refractivity contribution in [3.05, 3.63) is 95.6 Å². The molecule has 4 rings (SSSR count). The maximum Gasteiger partial charge on any atom is 0.331 e. The molecule has 3 N–H and O–H groups in total. The van der Waals surface area contributed by atoms with Gasteiger partial charge in [0.2, 0.25) is 11.8 Å². The molecule has 0 spiro atoms. The number of β-lactam (4-membered cyclic amide) rings is 1. The van der Waals surface area contributed by atoms with E-state index in [1.165, 1.54) is 48.5 Å². The van der Waals surface area contributed by atoms with E-state index in [0.717, 1.165) is 5.56 Å². The first kappa shape index (κ1) is 43.8. The van der Waals surface area contributed by atoms with Crippen LogP contribution in [0.2, 0.25) is 0 Å². The Kier molecular flexibility index (Phi) is 14.7. The largest absolute Gasteiger partial charge is 0.484 e. The van der Waals surface area contributed by atoms with Crippen LogP contribution < -0.4 is 20.3 Å². The van der Waals surface area contributed by atoms with Crippen LogP contribution in [0.15, 0.2) is 72.8 Å². The summed E-state index contributed by atoms with van der Waals surface area (Å²) in [7, 11) is 0. The van der Waals surface area contributed by atoms with Crippen LogP contribution in [0.1, 0.15) is 97.9 Å². The lowest BCUT2D eigenvalue weighted by Crippen LogP contribution is -2.55. The van der Waals surface area contributed by atoms with Gasteiger partial charge in [-0.15, -0.1) is 0 Å². The van der Waals surface area contributed by atoms with Gasteiger partial charge in [-0.25, -0.2) is 13.6 Å². The number of aliphatic hydroxyl groups is 1. The monoisotopic (exact) mass is 779 g/mol. The Labute approximate surface area is 328 Å². The summed E-state index contributed by atoms with van der Waals surface area (Å²) in [6, 6.07) is 15.6. The molecule has 1 heterocycles. The molecule has 13 heteroatoms. The molecule has 3 aromatic rings. The van der Waals surface area contributed by atoms with Crippen molar-refractivity contribution < 1.29 is 47.3 Å². The fourth-order valence-electron chi connectivity index (χ4n) is 6.29. The third-order valence-corrected chi connectivity index (χ3v) is 8.97. The first-order valence-corrected chi connectivity index (χ1v) is 18.9. The highest BCUT2D eigenvalue weighted by Crippen LogP contribution is 2.46. The quantitative estimate of drug-likeness (QED) is 0.101. The number of carbonyl (C=O) groups is 4. The number of benzene rings is 3. The number of rotatable bonds is 17. The number of amides is 3. The lowest BCUT2D eigenvalue weighted by Gasteiger charge is -2.48. The number of ether oxygens (including phenoxy) is 3. The van der Waals surface area contributed by atoms with E-state index in [1.54, 1.807) is 49.9 Å². The molecule has 3 unspecified atom stereocenters. The molecule has 1 aliphatic rings. The molecule has 3 amide bonds. The minimum Gasteiger partial charge on any atom is -0.484 e. The van der Waals surface area contributed by atoms with E-state index in [1.807, 2.05) is 34.6 Å². The summed E-state index contributed by atoms with van der Waals surface area (Å²) >= 11 is 0. The number of hydrogen-bond acceptors (Lipinski definition) is 8. The zero-order valence-electron chi connectivity index (χ0n) is 33.4. The average molecular weight is 780 g/mol. The number of nitrogens with zero attached hydrogens (tertiary/aromatic N) is 1. The lowest BCUT2D eigenvalue weighted by molar-refractivity contribution is -0.162. The van der Waals surface area contributed by atoms with Crippen molar-refractivity contribution in [2.24, 2.45) is 11.8 Å². The third-order valence-electron chi connectivity index (χ3n) is 8.97. The van der Waals surface area contributed by atoms with E-state index in [9.17, 15) is 33.1 Å². The second-order valence-corrected chi connectivity index (χ2v) is 16.5. The highest BCUT2D eigenvalue weighted by Gasteiger charge is 2.48. The molecule has 0 aromatic heterocycles. The predicted octanol–water partition coefficient (Wildman–Crippen LogP) is 6.73. The van der Waals surface area contributed by atoms with Crippen molar-refractivity contribution in [3.8, 4) is 5.75 Å². The van der Waals surface area contributed by atoms with Crippen molar-refractivity contribution in [1.29, 1.82) is 0 Å². The Morgan fingerprint density at radius 2 is 1.41 bits per heavy atom. The van der Waals surface area contributed by atoms with Gasteiger partial charge in [-0.2, -0.15) is 0 Å². The summed E-state index contributed by atoms with van der Waals surface area (Å²) < 4.78 is 44.3. The average Bonchev–Trinajstić information content (AvgIpc) is 3.11. The first-order valence-electron chi connectivity index (χ1n) is 18.9. The van der Waals surface area contributed by atoms with Gasteiger partial charge >= 0.3 is 5.97 Å². The van der Waals surface area contributed by atoms with Crippen molar-refractivity contribution in [1.82, 2.24) is 10.6 Å². The topological polar surface area (TPSA) is 144 Å². The maximum atomic E-state index is 13.8. The molecule has 0 radical (unpaired) electrons. The predicted molar refractivity (Wildman–Crippen MR) is 208 cm³/mol. The molecule has 1 aliphatic heterocycles. The van der Waals surface area contributed by atoms with Crippen LogP contribution in [0.3, 0.4) is 0 Å².